The van der Waals surface area contributed by atoms with E-state index in [9.17, 15) is 0 Å². The molecule has 0 radical (unpaired) electrons. The lowest BCUT2D eigenvalue weighted by atomic mass is 9.85. The van der Waals surface area contributed by atoms with Crippen molar-refractivity contribution in [3.63, 3.8) is 0 Å². The molecule has 17 heavy (non-hydrogen) atoms. The summed E-state index contributed by atoms with van der Waals surface area (Å²) in [5.41, 5.74) is 7.91. The number of aromatic nitrogens is 3. The second-order valence-electron chi connectivity index (χ2n) is 4.90. The maximum absolute atomic E-state index is 6.10. The van der Waals surface area contributed by atoms with Gasteiger partial charge >= 0.3 is 0 Å². The van der Waals surface area contributed by atoms with Crippen LogP contribution in [0.1, 0.15) is 37.1 Å². The minimum atomic E-state index is 0.316. The third-order valence-electron chi connectivity index (χ3n) is 3.58. The van der Waals surface area contributed by atoms with Gasteiger partial charge in [-0.3, -0.25) is 0 Å². The van der Waals surface area contributed by atoms with Crippen LogP contribution in [-0.4, -0.2) is 27.8 Å². The van der Waals surface area contributed by atoms with Gasteiger partial charge in [0.1, 0.15) is 0 Å². The molecule has 5 nitrogen and oxygen atoms in total. The van der Waals surface area contributed by atoms with Crippen LogP contribution >= 0.6 is 0 Å². The molecule has 1 fully saturated rings. The number of hydrogen-bond acceptors (Lipinski definition) is 5. The Bertz CT molecular complexity index is 379. The highest BCUT2D eigenvalue weighted by molar-refractivity contribution is 5.24. The highest BCUT2D eigenvalue weighted by Gasteiger charge is 2.21. The molecule has 94 valence electrons. The maximum atomic E-state index is 6.10. The molecule has 0 saturated heterocycles. The fraction of sp³-hybridized carbons (Fsp3) is 0.750. The van der Waals surface area contributed by atoms with E-state index in [0.717, 1.165) is 24.4 Å². The van der Waals surface area contributed by atoms with E-state index in [-0.39, 0.29) is 0 Å². The average molecular weight is 235 g/mol. The number of rotatable bonds is 3. The molecule has 0 bridgehead atoms. The van der Waals surface area contributed by atoms with E-state index in [1.54, 1.807) is 0 Å². The van der Waals surface area contributed by atoms with Crippen LogP contribution in [-0.2, 0) is 0 Å². The molecule has 0 aliphatic heterocycles. The van der Waals surface area contributed by atoms with Gasteiger partial charge in [0.25, 0.3) is 0 Å². The Hall–Kier alpha value is -1.23. The van der Waals surface area contributed by atoms with E-state index in [0.29, 0.717) is 17.9 Å². The van der Waals surface area contributed by atoms with Crippen LogP contribution in [0.5, 0.6) is 0 Å². The average Bonchev–Trinajstić information content (AvgIpc) is 2.32. The summed E-state index contributed by atoms with van der Waals surface area (Å²) >= 11 is 0. The Labute approximate surface area is 102 Å². The van der Waals surface area contributed by atoms with Crippen molar-refractivity contribution < 1.29 is 0 Å². The quantitative estimate of drug-likeness (QED) is 0.828. The predicted molar refractivity (Wildman–Crippen MR) is 67.7 cm³/mol. The number of nitrogens with one attached hydrogen (secondary N) is 1. The largest absolute Gasteiger partial charge is 0.353 e. The topological polar surface area (TPSA) is 76.7 Å². The first-order chi connectivity index (χ1) is 8.16. The molecule has 1 aliphatic rings. The summed E-state index contributed by atoms with van der Waals surface area (Å²) in [7, 11) is 0. The van der Waals surface area contributed by atoms with Crippen LogP contribution < -0.4 is 11.1 Å². The van der Waals surface area contributed by atoms with Crippen molar-refractivity contribution in [3.8, 4) is 0 Å². The van der Waals surface area contributed by atoms with Gasteiger partial charge in [-0.2, -0.15) is 5.10 Å². The molecule has 0 aromatic carbocycles. The normalized spacial score (nSPS) is 24.6. The Balaban J connectivity index is 1.90. The molecule has 2 atom stereocenters. The predicted octanol–water partition coefficient (Wildman–Crippen LogP) is 1.42. The van der Waals surface area contributed by atoms with Crippen LogP contribution in [0.15, 0.2) is 0 Å². The zero-order chi connectivity index (χ0) is 12.3. The van der Waals surface area contributed by atoms with Crippen LogP contribution in [0, 0.1) is 19.8 Å². The van der Waals surface area contributed by atoms with Gasteiger partial charge in [-0.1, -0.05) is 12.8 Å². The van der Waals surface area contributed by atoms with Crippen molar-refractivity contribution >= 4 is 5.95 Å². The first-order valence-corrected chi connectivity index (χ1v) is 6.34. The number of nitrogens with two attached hydrogens (primary N) is 1. The van der Waals surface area contributed by atoms with Crippen molar-refractivity contribution in [1.82, 2.24) is 15.2 Å². The first kappa shape index (κ1) is 12.2. The Morgan fingerprint density at radius 1 is 1.18 bits per heavy atom. The number of anilines is 1. The van der Waals surface area contributed by atoms with Gasteiger partial charge in [-0.25, -0.2) is 4.98 Å². The molecule has 1 saturated carbocycles. The minimum absolute atomic E-state index is 0.316. The van der Waals surface area contributed by atoms with E-state index >= 15 is 0 Å². The number of nitrogens with zero attached hydrogens (tertiary/aromatic N) is 3. The lowest BCUT2D eigenvalue weighted by molar-refractivity contribution is 0.321. The smallest absolute Gasteiger partial charge is 0.242 e. The first-order valence-electron chi connectivity index (χ1n) is 6.34. The van der Waals surface area contributed by atoms with Crippen molar-refractivity contribution in [2.24, 2.45) is 11.7 Å². The molecule has 2 unspecified atom stereocenters. The van der Waals surface area contributed by atoms with Crippen molar-refractivity contribution in [2.75, 3.05) is 11.9 Å². The summed E-state index contributed by atoms with van der Waals surface area (Å²) < 4.78 is 0. The molecule has 2 rings (SSSR count). The van der Waals surface area contributed by atoms with Crippen LogP contribution in [0.2, 0.25) is 0 Å². The molecular formula is C12H21N5. The molecule has 1 aromatic rings. The standard InChI is InChI=1S/C12H21N5/c1-8-9(2)16-17-12(15-8)14-7-10-5-3-4-6-11(10)13/h10-11H,3-7,13H2,1-2H3,(H,14,15,17). The summed E-state index contributed by atoms with van der Waals surface area (Å²) in [4.78, 5) is 4.36. The lowest BCUT2D eigenvalue weighted by Gasteiger charge is -2.28. The van der Waals surface area contributed by atoms with Gasteiger partial charge in [0.15, 0.2) is 0 Å². The van der Waals surface area contributed by atoms with Gasteiger partial charge in [-0.15, -0.1) is 5.10 Å². The van der Waals surface area contributed by atoms with Crippen molar-refractivity contribution in [1.29, 1.82) is 0 Å². The molecular weight excluding hydrogens is 214 g/mol. The van der Waals surface area contributed by atoms with E-state index in [4.69, 9.17) is 5.73 Å². The molecule has 1 aromatic heterocycles. The third-order valence-corrected chi connectivity index (χ3v) is 3.58. The van der Waals surface area contributed by atoms with Gasteiger partial charge in [0.2, 0.25) is 5.95 Å². The zero-order valence-electron chi connectivity index (χ0n) is 10.6. The summed E-state index contributed by atoms with van der Waals surface area (Å²) in [6.07, 6.45) is 4.89. The molecule has 3 N–H and O–H groups in total. The van der Waals surface area contributed by atoms with Crippen LogP contribution in [0.25, 0.3) is 0 Å². The highest BCUT2D eigenvalue weighted by Crippen LogP contribution is 2.22. The van der Waals surface area contributed by atoms with Gasteiger partial charge in [0, 0.05) is 12.6 Å². The monoisotopic (exact) mass is 235 g/mol. The highest BCUT2D eigenvalue weighted by atomic mass is 15.2. The Kier molecular flexibility index (Phi) is 3.89. The van der Waals surface area contributed by atoms with Crippen LogP contribution in [0.3, 0.4) is 0 Å². The van der Waals surface area contributed by atoms with Gasteiger partial charge < -0.3 is 11.1 Å². The molecule has 1 heterocycles. The fourth-order valence-electron chi connectivity index (χ4n) is 2.24. The third kappa shape index (κ3) is 3.12. The maximum Gasteiger partial charge on any atom is 0.242 e. The van der Waals surface area contributed by atoms with E-state index in [1.807, 2.05) is 13.8 Å². The van der Waals surface area contributed by atoms with E-state index in [2.05, 4.69) is 20.5 Å². The second kappa shape index (κ2) is 5.40. The summed E-state index contributed by atoms with van der Waals surface area (Å²) in [6.45, 7) is 4.71. The van der Waals surface area contributed by atoms with E-state index in [1.165, 1.54) is 19.3 Å². The molecule has 5 heteroatoms. The lowest BCUT2D eigenvalue weighted by Crippen LogP contribution is -2.37. The van der Waals surface area contributed by atoms with Gasteiger partial charge in [-0.05, 0) is 32.6 Å². The van der Waals surface area contributed by atoms with Crippen molar-refractivity contribution in [2.45, 2.75) is 45.6 Å². The summed E-state index contributed by atoms with van der Waals surface area (Å²) in [5, 5.41) is 11.3. The summed E-state index contributed by atoms with van der Waals surface area (Å²) in [5.74, 6) is 1.15. The Morgan fingerprint density at radius 2 is 1.94 bits per heavy atom. The number of aryl methyl sites for hydroxylation is 2. The number of hydrogen-bond donors (Lipinski definition) is 2. The molecule has 0 spiro atoms. The minimum Gasteiger partial charge on any atom is -0.353 e. The van der Waals surface area contributed by atoms with E-state index < -0.39 is 0 Å². The molecule has 0 amide bonds. The second-order valence-corrected chi connectivity index (χ2v) is 4.90. The summed E-state index contributed by atoms with van der Waals surface area (Å²) in [6, 6.07) is 0.316. The molecule has 1 aliphatic carbocycles. The van der Waals surface area contributed by atoms with Gasteiger partial charge in [0.05, 0.1) is 11.4 Å². The SMILES string of the molecule is Cc1nnc(NCC2CCCCC2N)nc1C. The van der Waals surface area contributed by atoms with Crippen LogP contribution in [0.4, 0.5) is 5.95 Å². The van der Waals surface area contributed by atoms with Crippen molar-refractivity contribution in [3.05, 3.63) is 11.4 Å². The fourth-order valence-corrected chi connectivity index (χ4v) is 2.24. The zero-order valence-corrected chi connectivity index (χ0v) is 10.6. The Morgan fingerprint density at radius 3 is 2.65 bits per heavy atom.